The number of hydrogen-bond donors (Lipinski definition) is 2. The van der Waals surface area contributed by atoms with Crippen molar-refractivity contribution in [3.8, 4) is 0 Å². The second-order valence-electron chi connectivity index (χ2n) is 3.75. The number of esters is 1. The number of rotatable bonds is 2. The number of ether oxygens (including phenoxy) is 1. The molecule has 2 aromatic rings. The maximum atomic E-state index is 11.5. The molecule has 0 atom stereocenters. The fourth-order valence-corrected chi connectivity index (χ4v) is 1.44. The molecule has 8 nitrogen and oxygen atoms in total. The zero-order valence-electron chi connectivity index (χ0n) is 10.8. The Morgan fingerprint density at radius 1 is 1.40 bits per heavy atom. The molecule has 0 unspecified atom stereocenters. The molecular weight excluding hydrogens is 288 g/mol. The van der Waals surface area contributed by atoms with Gasteiger partial charge in [-0.15, -0.1) is 0 Å². The molecule has 0 aliphatic heterocycles. The molecule has 0 spiro atoms. The Morgan fingerprint density at radius 2 is 2.00 bits per heavy atom. The van der Waals surface area contributed by atoms with Gasteiger partial charge in [0.1, 0.15) is 5.65 Å². The molecule has 2 N–H and O–H groups in total. The molecule has 0 fully saturated rings. The van der Waals surface area contributed by atoms with Crippen LogP contribution in [-0.2, 0) is 15.1 Å². The van der Waals surface area contributed by atoms with Crippen molar-refractivity contribution in [2.45, 2.75) is 13.8 Å². The number of carbonyl (C=O) groups is 1. The highest BCUT2D eigenvalue weighted by molar-refractivity contribution is 7.79. The fraction of sp³-hybridized carbons (Fsp3) is 0.273. The summed E-state index contributed by atoms with van der Waals surface area (Å²) in [6.45, 7) is 4.12. The number of nitrogens with zero attached hydrogens (tertiary/aromatic N) is 2. The van der Waals surface area contributed by atoms with Crippen molar-refractivity contribution in [3.63, 3.8) is 0 Å². The highest BCUT2D eigenvalue weighted by Crippen LogP contribution is 2.09. The van der Waals surface area contributed by atoms with Gasteiger partial charge in [0.25, 0.3) is 0 Å². The fourth-order valence-electron chi connectivity index (χ4n) is 1.44. The van der Waals surface area contributed by atoms with Crippen molar-refractivity contribution in [2.24, 2.45) is 0 Å². The lowest BCUT2D eigenvalue weighted by atomic mass is 10.3. The van der Waals surface area contributed by atoms with Gasteiger partial charge in [-0.25, -0.2) is 9.78 Å². The summed E-state index contributed by atoms with van der Waals surface area (Å²) < 4.78 is 38.3. The van der Waals surface area contributed by atoms with Crippen LogP contribution >= 0.6 is 0 Å². The van der Waals surface area contributed by atoms with Crippen molar-refractivity contribution in [1.82, 2.24) is 9.38 Å². The molecular formula is C11H14N2O6S. The van der Waals surface area contributed by atoms with E-state index in [9.17, 15) is 4.79 Å². The summed E-state index contributed by atoms with van der Waals surface area (Å²) in [5, 5.41) is 0. The average molecular weight is 302 g/mol. The SMILES string of the molecule is CCOC(=O)c1cnc2ccc(C)cn12.O=S(=O)(O)O. The van der Waals surface area contributed by atoms with Gasteiger partial charge >= 0.3 is 16.4 Å². The molecule has 20 heavy (non-hydrogen) atoms. The highest BCUT2D eigenvalue weighted by Gasteiger charge is 2.12. The summed E-state index contributed by atoms with van der Waals surface area (Å²) in [5.74, 6) is -0.337. The molecule has 0 aromatic carbocycles. The van der Waals surface area contributed by atoms with Crippen LogP contribution < -0.4 is 0 Å². The zero-order valence-corrected chi connectivity index (χ0v) is 11.7. The third kappa shape index (κ3) is 4.96. The van der Waals surface area contributed by atoms with Crippen LogP contribution in [0.25, 0.3) is 5.65 Å². The lowest BCUT2D eigenvalue weighted by Gasteiger charge is -2.02. The topological polar surface area (TPSA) is 118 Å². The average Bonchev–Trinajstić information content (AvgIpc) is 2.69. The van der Waals surface area contributed by atoms with E-state index in [-0.39, 0.29) is 5.97 Å². The summed E-state index contributed by atoms with van der Waals surface area (Å²) in [7, 11) is -4.67. The number of fused-ring (bicyclic) bond motifs is 1. The summed E-state index contributed by atoms with van der Waals surface area (Å²) in [4.78, 5) is 15.7. The lowest BCUT2D eigenvalue weighted by Crippen LogP contribution is -2.07. The van der Waals surface area contributed by atoms with E-state index in [0.717, 1.165) is 11.2 Å². The van der Waals surface area contributed by atoms with E-state index in [2.05, 4.69) is 4.98 Å². The first-order chi connectivity index (χ1) is 9.22. The molecule has 2 rings (SSSR count). The van der Waals surface area contributed by atoms with Crippen molar-refractivity contribution in [2.75, 3.05) is 6.61 Å². The van der Waals surface area contributed by atoms with E-state index >= 15 is 0 Å². The van der Waals surface area contributed by atoms with Crippen molar-refractivity contribution in [1.29, 1.82) is 0 Å². The highest BCUT2D eigenvalue weighted by atomic mass is 32.3. The van der Waals surface area contributed by atoms with Gasteiger partial charge in [0, 0.05) is 6.20 Å². The van der Waals surface area contributed by atoms with Gasteiger partial charge < -0.3 is 4.74 Å². The predicted molar refractivity (Wildman–Crippen MR) is 70.1 cm³/mol. The molecule has 0 bridgehead atoms. The Bertz CT molecular complexity index is 699. The second-order valence-corrected chi connectivity index (χ2v) is 4.64. The van der Waals surface area contributed by atoms with Gasteiger partial charge in [0.2, 0.25) is 0 Å². The molecule has 9 heteroatoms. The van der Waals surface area contributed by atoms with E-state index in [4.69, 9.17) is 22.3 Å². The first-order valence-corrected chi connectivity index (χ1v) is 6.92. The quantitative estimate of drug-likeness (QED) is 0.631. The predicted octanol–water partition coefficient (Wildman–Crippen LogP) is 1.17. The van der Waals surface area contributed by atoms with E-state index in [1.165, 1.54) is 6.20 Å². The minimum Gasteiger partial charge on any atom is -0.461 e. The van der Waals surface area contributed by atoms with Crippen LogP contribution in [-0.4, -0.2) is 39.5 Å². The Kier molecular flexibility index (Phi) is 5.19. The van der Waals surface area contributed by atoms with Crippen LogP contribution in [0.1, 0.15) is 23.0 Å². The largest absolute Gasteiger partial charge is 0.461 e. The molecule has 2 heterocycles. The van der Waals surface area contributed by atoms with Gasteiger partial charge in [-0.3, -0.25) is 13.5 Å². The van der Waals surface area contributed by atoms with Crippen LogP contribution in [0.4, 0.5) is 0 Å². The maximum absolute atomic E-state index is 11.5. The summed E-state index contributed by atoms with van der Waals surface area (Å²) in [6.07, 6.45) is 3.40. The van der Waals surface area contributed by atoms with Crippen LogP contribution in [0, 0.1) is 6.92 Å². The van der Waals surface area contributed by atoms with Crippen molar-refractivity contribution < 1.29 is 27.1 Å². The lowest BCUT2D eigenvalue weighted by molar-refractivity contribution is 0.0518. The minimum atomic E-state index is -4.67. The van der Waals surface area contributed by atoms with Gasteiger partial charge in [-0.1, -0.05) is 6.07 Å². The third-order valence-corrected chi connectivity index (χ3v) is 2.14. The number of carbonyl (C=O) groups excluding carboxylic acids is 1. The molecule has 0 saturated heterocycles. The zero-order chi connectivity index (χ0) is 15.3. The number of hydrogen-bond acceptors (Lipinski definition) is 5. The second kappa shape index (κ2) is 6.46. The molecule has 0 saturated carbocycles. The van der Waals surface area contributed by atoms with Gasteiger partial charge in [-0.05, 0) is 25.5 Å². The smallest absolute Gasteiger partial charge is 0.394 e. The number of aryl methyl sites for hydroxylation is 1. The summed E-state index contributed by atoms with van der Waals surface area (Å²) >= 11 is 0. The van der Waals surface area contributed by atoms with Crippen molar-refractivity contribution in [3.05, 3.63) is 35.8 Å². The van der Waals surface area contributed by atoms with E-state index in [1.807, 2.05) is 25.3 Å². The monoisotopic (exact) mass is 302 g/mol. The van der Waals surface area contributed by atoms with Crippen LogP contribution in [0.5, 0.6) is 0 Å². The maximum Gasteiger partial charge on any atom is 0.394 e. The van der Waals surface area contributed by atoms with E-state index < -0.39 is 10.4 Å². The van der Waals surface area contributed by atoms with Gasteiger partial charge in [0.05, 0.1) is 12.8 Å². The molecule has 0 aliphatic rings. The Morgan fingerprint density at radius 3 is 2.55 bits per heavy atom. The van der Waals surface area contributed by atoms with Gasteiger partial charge in [-0.2, -0.15) is 8.42 Å². The van der Waals surface area contributed by atoms with E-state index in [0.29, 0.717) is 12.3 Å². The minimum absolute atomic E-state index is 0.337. The first-order valence-electron chi connectivity index (χ1n) is 5.53. The Labute approximate surface area is 115 Å². The normalized spacial score (nSPS) is 10.8. The molecule has 0 aliphatic carbocycles. The molecule has 110 valence electrons. The summed E-state index contributed by atoms with van der Waals surface area (Å²) in [6, 6.07) is 3.83. The van der Waals surface area contributed by atoms with Gasteiger partial charge in [0.15, 0.2) is 5.69 Å². The number of imidazole rings is 1. The van der Waals surface area contributed by atoms with E-state index in [1.54, 1.807) is 11.3 Å². The molecule has 0 radical (unpaired) electrons. The first kappa shape index (κ1) is 16.1. The number of pyridine rings is 1. The van der Waals surface area contributed by atoms with Crippen molar-refractivity contribution >= 4 is 22.0 Å². The van der Waals surface area contributed by atoms with Crippen LogP contribution in [0.3, 0.4) is 0 Å². The van der Waals surface area contributed by atoms with Crippen LogP contribution in [0.15, 0.2) is 24.5 Å². The standard InChI is InChI=1S/C11H12N2O2.H2O4S/c1-3-15-11(14)9-6-12-10-5-4-8(2)7-13(9)10;1-5(2,3)4/h4-7H,3H2,1-2H3;(H2,1,2,3,4). The third-order valence-electron chi connectivity index (χ3n) is 2.14. The molecule has 2 aromatic heterocycles. The Balaban J connectivity index is 0.000000347. The number of aromatic nitrogens is 2. The Hall–Kier alpha value is -1.97. The summed E-state index contributed by atoms with van der Waals surface area (Å²) in [5.41, 5.74) is 2.30. The van der Waals surface area contributed by atoms with Crippen LogP contribution in [0.2, 0.25) is 0 Å². The molecule has 0 amide bonds.